The maximum atomic E-state index is 6.12. The van der Waals surface area contributed by atoms with Crippen LogP contribution < -0.4 is 10.1 Å². The van der Waals surface area contributed by atoms with Gasteiger partial charge < -0.3 is 15.0 Å². The van der Waals surface area contributed by atoms with E-state index in [9.17, 15) is 0 Å². The van der Waals surface area contributed by atoms with E-state index in [-0.39, 0.29) is 0 Å². The minimum Gasteiger partial charge on any atom is -0.495 e. The molecule has 25 heavy (non-hydrogen) atoms. The molecule has 1 rings (SSSR count). The van der Waals surface area contributed by atoms with Crippen LogP contribution in [0, 0.1) is 0 Å². The van der Waals surface area contributed by atoms with Crippen LogP contribution in [0.4, 0.5) is 5.69 Å². The molecule has 0 aliphatic carbocycles. The number of methoxy groups -OCH3 is 1. The second kappa shape index (κ2) is 13.2. The number of halogens is 1. The third-order valence-electron chi connectivity index (χ3n) is 4.25. The summed E-state index contributed by atoms with van der Waals surface area (Å²) in [4.78, 5) is 2.29. The molecule has 0 fully saturated rings. The number of ether oxygens (including phenoxy) is 1. The summed E-state index contributed by atoms with van der Waals surface area (Å²) in [6.45, 7) is 6.47. The van der Waals surface area contributed by atoms with Gasteiger partial charge in [0.25, 0.3) is 0 Å². The number of hydrogen-bond acceptors (Lipinski definition) is 2. The highest BCUT2D eigenvalue weighted by atomic mass is 35.5. The molecule has 0 unspecified atom stereocenters. The maximum absolute atomic E-state index is 6.12. The summed E-state index contributed by atoms with van der Waals surface area (Å²) in [7, 11) is 1.66. The first-order chi connectivity index (χ1) is 12.1. The van der Waals surface area contributed by atoms with E-state index in [1.807, 2.05) is 18.2 Å². The molecule has 5 heteroatoms. The van der Waals surface area contributed by atoms with Crippen LogP contribution >= 0.6 is 23.8 Å². The Morgan fingerprint density at radius 2 is 1.64 bits per heavy atom. The summed E-state index contributed by atoms with van der Waals surface area (Å²) < 4.78 is 5.41. The van der Waals surface area contributed by atoms with Crippen molar-refractivity contribution in [1.29, 1.82) is 0 Å². The molecule has 142 valence electrons. The van der Waals surface area contributed by atoms with Crippen molar-refractivity contribution in [3.05, 3.63) is 23.2 Å². The van der Waals surface area contributed by atoms with Crippen molar-refractivity contribution in [2.75, 3.05) is 25.5 Å². The van der Waals surface area contributed by atoms with Gasteiger partial charge in [0, 0.05) is 18.1 Å². The van der Waals surface area contributed by atoms with Gasteiger partial charge in [-0.1, -0.05) is 64.0 Å². The molecule has 0 amide bonds. The molecule has 0 aromatic heterocycles. The molecule has 0 aliphatic heterocycles. The lowest BCUT2D eigenvalue weighted by Gasteiger charge is -2.26. The smallest absolute Gasteiger partial charge is 0.173 e. The topological polar surface area (TPSA) is 24.5 Å². The Labute approximate surface area is 164 Å². The monoisotopic (exact) mass is 384 g/mol. The molecule has 3 nitrogen and oxygen atoms in total. The number of benzene rings is 1. The lowest BCUT2D eigenvalue weighted by molar-refractivity contribution is 0.391. The molecule has 0 heterocycles. The fourth-order valence-electron chi connectivity index (χ4n) is 2.75. The summed E-state index contributed by atoms with van der Waals surface area (Å²) >= 11 is 11.8. The maximum Gasteiger partial charge on any atom is 0.173 e. The molecule has 0 atom stereocenters. The van der Waals surface area contributed by atoms with E-state index < -0.39 is 0 Å². The van der Waals surface area contributed by atoms with Gasteiger partial charge in [0.15, 0.2) is 5.11 Å². The summed E-state index contributed by atoms with van der Waals surface area (Å²) in [6.07, 6.45) is 9.93. The molecular weight excluding hydrogens is 352 g/mol. The van der Waals surface area contributed by atoms with E-state index in [2.05, 4.69) is 24.1 Å². The van der Waals surface area contributed by atoms with Crippen molar-refractivity contribution in [3.8, 4) is 5.75 Å². The molecule has 0 radical (unpaired) electrons. The Morgan fingerprint density at radius 3 is 2.16 bits per heavy atom. The van der Waals surface area contributed by atoms with Crippen molar-refractivity contribution in [2.24, 2.45) is 0 Å². The molecule has 0 saturated heterocycles. The van der Waals surface area contributed by atoms with Gasteiger partial charge in [0.05, 0.1) is 12.8 Å². The average Bonchev–Trinajstić information content (AvgIpc) is 2.60. The van der Waals surface area contributed by atoms with E-state index in [1.54, 1.807) is 7.11 Å². The van der Waals surface area contributed by atoms with Crippen LogP contribution in [0.3, 0.4) is 0 Å². The molecule has 0 spiro atoms. The van der Waals surface area contributed by atoms with Gasteiger partial charge >= 0.3 is 0 Å². The SMILES string of the molecule is CCCCCCN(CCCCCC)C(=S)Nc1cc(Cl)ccc1OC. The highest BCUT2D eigenvalue weighted by molar-refractivity contribution is 7.80. The van der Waals surface area contributed by atoms with Crippen LogP contribution in [0.25, 0.3) is 0 Å². The Kier molecular flexibility index (Phi) is 11.7. The second-order valence-corrected chi connectivity index (χ2v) is 7.21. The van der Waals surface area contributed by atoms with Crippen molar-refractivity contribution in [1.82, 2.24) is 4.90 Å². The van der Waals surface area contributed by atoms with Crippen LogP contribution in [0.2, 0.25) is 5.02 Å². The van der Waals surface area contributed by atoms with Gasteiger partial charge in [-0.2, -0.15) is 0 Å². The minimum atomic E-state index is 0.670. The van der Waals surface area contributed by atoms with Crippen molar-refractivity contribution < 1.29 is 4.74 Å². The van der Waals surface area contributed by atoms with Gasteiger partial charge in [0.1, 0.15) is 5.75 Å². The van der Waals surface area contributed by atoms with Crippen LogP contribution in [0.15, 0.2) is 18.2 Å². The van der Waals surface area contributed by atoms with Gasteiger partial charge in [-0.15, -0.1) is 0 Å². The molecule has 1 aromatic rings. The first kappa shape index (κ1) is 22.0. The van der Waals surface area contributed by atoms with Gasteiger partial charge in [0.2, 0.25) is 0 Å². The van der Waals surface area contributed by atoms with Gasteiger partial charge in [-0.05, 0) is 43.3 Å². The molecule has 0 bridgehead atoms. The number of unbranched alkanes of at least 4 members (excludes halogenated alkanes) is 6. The third kappa shape index (κ3) is 8.77. The number of thiocarbonyl (C=S) groups is 1. The van der Waals surface area contributed by atoms with E-state index in [1.165, 1.54) is 51.4 Å². The van der Waals surface area contributed by atoms with E-state index >= 15 is 0 Å². The molecular formula is C20H33ClN2OS. The minimum absolute atomic E-state index is 0.670. The largest absolute Gasteiger partial charge is 0.495 e. The van der Waals surface area contributed by atoms with Crippen LogP contribution in [-0.2, 0) is 0 Å². The zero-order valence-electron chi connectivity index (χ0n) is 15.9. The Morgan fingerprint density at radius 1 is 1.04 bits per heavy atom. The molecule has 1 N–H and O–H groups in total. The number of hydrogen-bond donors (Lipinski definition) is 1. The predicted octanol–water partition coefficient (Wildman–Crippen LogP) is 6.51. The highest BCUT2D eigenvalue weighted by Crippen LogP contribution is 2.28. The van der Waals surface area contributed by atoms with Crippen LogP contribution in [-0.4, -0.2) is 30.2 Å². The number of nitrogens with zero attached hydrogens (tertiary/aromatic N) is 1. The quantitative estimate of drug-likeness (QED) is 0.328. The Hall–Kier alpha value is -1.00. The Bertz CT molecular complexity index is 498. The summed E-state index contributed by atoms with van der Waals surface area (Å²) in [6, 6.07) is 5.54. The number of nitrogens with one attached hydrogen (secondary N) is 1. The van der Waals surface area contributed by atoms with Gasteiger partial charge in [-0.25, -0.2) is 0 Å². The fraction of sp³-hybridized carbons (Fsp3) is 0.650. The summed E-state index contributed by atoms with van der Waals surface area (Å²) in [5.41, 5.74) is 0.826. The number of anilines is 1. The van der Waals surface area contributed by atoms with Crippen LogP contribution in [0.5, 0.6) is 5.75 Å². The van der Waals surface area contributed by atoms with E-state index in [0.717, 1.165) is 29.6 Å². The highest BCUT2D eigenvalue weighted by Gasteiger charge is 2.12. The van der Waals surface area contributed by atoms with E-state index in [4.69, 9.17) is 28.6 Å². The normalized spacial score (nSPS) is 10.6. The summed E-state index contributed by atoms with van der Waals surface area (Å²) in [5, 5.41) is 4.76. The molecule has 1 aromatic carbocycles. The van der Waals surface area contributed by atoms with Gasteiger partial charge in [-0.3, -0.25) is 0 Å². The first-order valence-corrected chi connectivity index (χ1v) is 10.3. The number of rotatable bonds is 12. The zero-order valence-corrected chi connectivity index (χ0v) is 17.5. The van der Waals surface area contributed by atoms with Crippen LogP contribution in [0.1, 0.15) is 65.2 Å². The third-order valence-corrected chi connectivity index (χ3v) is 4.85. The fourth-order valence-corrected chi connectivity index (χ4v) is 3.21. The predicted molar refractivity (Wildman–Crippen MR) is 114 cm³/mol. The molecule has 0 saturated carbocycles. The van der Waals surface area contributed by atoms with Crippen molar-refractivity contribution in [2.45, 2.75) is 65.2 Å². The van der Waals surface area contributed by atoms with Crippen molar-refractivity contribution >= 4 is 34.6 Å². The van der Waals surface area contributed by atoms with Crippen molar-refractivity contribution in [3.63, 3.8) is 0 Å². The lowest BCUT2D eigenvalue weighted by atomic mass is 10.2. The average molecular weight is 385 g/mol. The first-order valence-electron chi connectivity index (χ1n) is 9.51. The second-order valence-electron chi connectivity index (χ2n) is 6.38. The summed E-state index contributed by atoms with van der Waals surface area (Å²) in [5.74, 6) is 0.753. The molecule has 0 aliphatic rings. The lowest BCUT2D eigenvalue weighted by Crippen LogP contribution is -2.36. The Balaban J connectivity index is 2.67. The van der Waals surface area contributed by atoms with E-state index in [0.29, 0.717) is 5.02 Å². The standard InChI is InChI=1S/C20H33ClN2OS/c1-4-6-8-10-14-23(15-11-9-7-5-2)20(25)22-18-16-17(21)12-13-19(18)24-3/h12-13,16H,4-11,14-15H2,1-3H3,(H,22,25). The zero-order chi connectivity index (χ0) is 18.5.